The van der Waals surface area contributed by atoms with E-state index in [4.69, 9.17) is 5.73 Å². The molecule has 0 spiro atoms. The van der Waals surface area contributed by atoms with Crippen LogP contribution in [0.4, 0.5) is 11.5 Å². The Morgan fingerprint density at radius 3 is 2.78 bits per heavy atom. The number of fused-ring (bicyclic) bond motifs is 1. The van der Waals surface area contributed by atoms with Crippen LogP contribution in [0.1, 0.15) is 18.2 Å². The molecule has 92 valence electrons. The summed E-state index contributed by atoms with van der Waals surface area (Å²) in [4.78, 5) is 2.24. The summed E-state index contributed by atoms with van der Waals surface area (Å²) >= 11 is 0. The molecule has 0 bridgehead atoms. The van der Waals surface area contributed by atoms with Gasteiger partial charge in [0.1, 0.15) is 0 Å². The summed E-state index contributed by atoms with van der Waals surface area (Å²) in [6, 6.07) is 12.8. The number of aromatic nitrogens is 2. The molecule has 2 heterocycles. The Morgan fingerprint density at radius 2 is 2.06 bits per heavy atom. The van der Waals surface area contributed by atoms with Crippen LogP contribution < -0.4 is 10.6 Å². The highest BCUT2D eigenvalue weighted by Gasteiger charge is 2.27. The lowest BCUT2D eigenvalue weighted by atomic mass is 10.1. The Morgan fingerprint density at radius 1 is 1.22 bits per heavy atom. The zero-order chi connectivity index (χ0) is 12.5. The Labute approximate surface area is 106 Å². The van der Waals surface area contributed by atoms with E-state index < -0.39 is 0 Å². The minimum absolute atomic E-state index is 0.417. The molecule has 1 aliphatic rings. The maximum absolute atomic E-state index is 5.54. The van der Waals surface area contributed by atoms with Gasteiger partial charge in [0.25, 0.3) is 0 Å². The molecule has 18 heavy (non-hydrogen) atoms. The first-order valence-corrected chi connectivity index (χ1v) is 6.19. The largest absolute Gasteiger partial charge is 0.325 e. The zero-order valence-corrected chi connectivity index (χ0v) is 10.4. The fraction of sp³-hybridized carbons (Fsp3) is 0.286. The molecule has 2 N–H and O–H groups in total. The lowest BCUT2D eigenvalue weighted by Crippen LogP contribution is -2.25. The Bertz CT molecular complexity index is 550. The highest BCUT2D eigenvalue weighted by atomic mass is 15.3. The molecule has 0 saturated heterocycles. The predicted molar refractivity (Wildman–Crippen MR) is 71.7 cm³/mol. The normalized spacial score (nSPS) is 17.9. The molecule has 0 amide bonds. The third-order valence-electron chi connectivity index (χ3n) is 3.37. The highest BCUT2D eigenvalue weighted by molar-refractivity contribution is 5.68. The van der Waals surface area contributed by atoms with E-state index in [2.05, 4.69) is 46.3 Å². The zero-order valence-electron chi connectivity index (χ0n) is 10.4. The molecule has 2 aromatic rings. The van der Waals surface area contributed by atoms with Gasteiger partial charge in [0.15, 0.2) is 5.82 Å². The first-order chi connectivity index (χ1) is 8.79. The summed E-state index contributed by atoms with van der Waals surface area (Å²) in [5.74, 6) is 0.893. The van der Waals surface area contributed by atoms with Gasteiger partial charge in [-0.25, -0.2) is 0 Å². The fourth-order valence-corrected chi connectivity index (χ4v) is 2.50. The van der Waals surface area contributed by atoms with E-state index in [0.717, 1.165) is 17.9 Å². The number of hydrogen-bond donors (Lipinski definition) is 1. The third kappa shape index (κ3) is 1.75. The Hall–Kier alpha value is -1.94. The smallest absolute Gasteiger partial charge is 0.155 e. The Balaban J connectivity index is 2.00. The quantitative estimate of drug-likeness (QED) is 0.872. The predicted octanol–water partition coefficient (Wildman–Crippen LogP) is 2.02. The van der Waals surface area contributed by atoms with E-state index in [1.165, 1.54) is 11.3 Å². The van der Waals surface area contributed by atoms with Crippen LogP contribution in [-0.4, -0.2) is 16.2 Å². The van der Waals surface area contributed by atoms with Crippen LogP contribution in [0, 0.1) is 0 Å². The minimum atomic E-state index is 0.417. The van der Waals surface area contributed by atoms with Gasteiger partial charge in [0, 0.05) is 18.3 Å². The van der Waals surface area contributed by atoms with Crippen molar-refractivity contribution < 1.29 is 0 Å². The van der Waals surface area contributed by atoms with Crippen molar-refractivity contribution in [2.45, 2.75) is 25.9 Å². The van der Waals surface area contributed by atoms with Crippen LogP contribution in [0.25, 0.3) is 0 Å². The summed E-state index contributed by atoms with van der Waals surface area (Å²) in [5.41, 5.74) is 8.97. The highest BCUT2D eigenvalue weighted by Crippen LogP contribution is 2.36. The van der Waals surface area contributed by atoms with E-state index in [-0.39, 0.29) is 0 Å². The number of hydrogen-bond acceptors (Lipinski definition) is 4. The summed E-state index contributed by atoms with van der Waals surface area (Å²) in [6.45, 7) is 2.64. The fourth-order valence-electron chi connectivity index (χ4n) is 2.50. The van der Waals surface area contributed by atoms with E-state index >= 15 is 0 Å². The number of nitrogens with zero attached hydrogens (tertiary/aromatic N) is 3. The molecule has 0 aliphatic carbocycles. The van der Waals surface area contributed by atoms with Crippen molar-refractivity contribution >= 4 is 11.5 Å². The van der Waals surface area contributed by atoms with Crippen molar-refractivity contribution in [2.24, 2.45) is 5.73 Å². The standard InChI is InChI=1S/C14H16N4/c1-10-8-11-4-2-3-5-13(11)18(10)14-7-6-12(9-15)16-17-14/h2-7,10H,8-9,15H2,1H3. The maximum Gasteiger partial charge on any atom is 0.155 e. The third-order valence-corrected chi connectivity index (χ3v) is 3.37. The van der Waals surface area contributed by atoms with Crippen LogP contribution >= 0.6 is 0 Å². The van der Waals surface area contributed by atoms with Crippen molar-refractivity contribution in [1.82, 2.24) is 10.2 Å². The molecule has 1 aromatic heterocycles. The average molecular weight is 240 g/mol. The summed E-state index contributed by atoms with van der Waals surface area (Å²) in [7, 11) is 0. The summed E-state index contributed by atoms with van der Waals surface area (Å²) in [6.07, 6.45) is 1.05. The molecule has 1 aliphatic heterocycles. The van der Waals surface area contributed by atoms with E-state index in [0.29, 0.717) is 12.6 Å². The molecule has 3 rings (SSSR count). The molecule has 0 fully saturated rings. The lowest BCUT2D eigenvalue weighted by molar-refractivity contribution is 0.739. The number of rotatable bonds is 2. The van der Waals surface area contributed by atoms with E-state index in [9.17, 15) is 0 Å². The topological polar surface area (TPSA) is 55.0 Å². The van der Waals surface area contributed by atoms with Gasteiger partial charge >= 0.3 is 0 Å². The SMILES string of the molecule is CC1Cc2ccccc2N1c1ccc(CN)nn1. The van der Waals surface area contributed by atoms with Crippen molar-refractivity contribution in [3.05, 3.63) is 47.7 Å². The van der Waals surface area contributed by atoms with Crippen LogP contribution in [0.3, 0.4) is 0 Å². The first-order valence-electron chi connectivity index (χ1n) is 6.19. The van der Waals surface area contributed by atoms with E-state index in [1.807, 2.05) is 12.1 Å². The molecule has 1 unspecified atom stereocenters. The van der Waals surface area contributed by atoms with Gasteiger partial charge in [-0.15, -0.1) is 5.10 Å². The van der Waals surface area contributed by atoms with Gasteiger partial charge in [0.05, 0.1) is 5.69 Å². The second kappa shape index (κ2) is 4.38. The maximum atomic E-state index is 5.54. The second-order valence-electron chi connectivity index (χ2n) is 4.64. The van der Waals surface area contributed by atoms with Crippen LogP contribution in [0.5, 0.6) is 0 Å². The molecule has 4 heteroatoms. The monoisotopic (exact) mass is 240 g/mol. The van der Waals surface area contributed by atoms with Gasteiger partial charge in [-0.3, -0.25) is 0 Å². The molecular formula is C14H16N4. The van der Waals surface area contributed by atoms with Gasteiger partial charge < -0.3 is 10.6 Å². The van der Waals surface area contributed by atoms with Crippen molar-refractivity contribution in [3.8, 4) is 0 Å². The first kappa shape index (κ1) is 11.2. The van der Waals surface area contributed by atoms with Gasteiger partial charge in [-0.05, 0) is 37.1 Å². The number of para-hydroxylation sites is 1. The lowest BCUT2D eigenvalue weighted by Gasteiger charge is -2.23. The van der Waals surface area contributed by atoms with Crippen LogP contribution in [0.2, 0.25) is 0 Å². The van der Waals surface area contributed by atoms with Crippen LogP contribution in [0.15, 0.2) is 36.4 Å². The van der Waals surface area contributed by atoms with Gasteiger partial charge in [-0.1, -0.05) is 18.2 Å². The van der Waals surface area contributed by atoms with Gasteiger partial charge in [-0.2, -0.15) is 5.10 Å². The Kier molecular flexibility index (Phi) is 2.72. The van der Waals surface area contributed by atoms with Crippen LogP contribution in [-0.2, 0) is 13.0 Å². The minimum Gasteiger partial charge on any atom is -0.325 e. The van der Waals surface area contributed by atoms with Gasteiger partial charge in [0.2, 0.25) is 0 Å². The van der Waals surface area contributed by atoms with Crippen molar-refractivity contribution in [2.75, 3.05) is 4.90 Å². The molecule has 1 atom stereocenters. The van der Waals surface area contributed by atoms with Crippen molar-refractivity contribution in [1.29, 1.82) is 0 Å². The molecule has 1 aromatic carbocycles. The number of nitrogens with two attached hydrogens (primary N) is 1. The average Bonchev–Trinajstić information content (AvgIpc) is 2.75. The number of anilines is 2. The molecule has 0 radical (unpaired) electrons. The second-order valence-corrected chi connectivity index (χ2v) is 4.64. The summed E-state index contributed by atoms with van der Waals surface area (Å²) in [5, 5.41) is 8.41. The molecular weight excluding hydrogens is 224 g/mol. The molecule has 0 saturated carbocycles. The number of benzene rings is 1. The summed E-state index contributed by atoms with van der Waals surface area (Å²) < 4.78 is 0. The van der Waals surface area contributed by atoms with E-state index in [1.54, 1.807) is 0 Å². The van der Waals surface area contributed by atoms with Crippen molar-refractivity contribution in [3.63, 3.8) is 0 Å². The molecule has 4 nitrogen and oxygen atoms in total.